The Kier molecular flexibility index (Phi) is 6.98. The maximum atomic E-state index is 12.3. The monoisotopic (exact) mass is 327 g/mol. The predicted molar refractivity (Wildman–Crippen MR) is 91.8 cm³/mol. The third-order valence-electron chi connectivity index (χ3n) is 3.45. The molecule has 1 amide bonds. The Hall–Kier alpha value is -2.66. The fourth-order valence-corrected chi connectivity index (χ4v) is 2.29. The highest BCUT2D eigenvalue weighted by Crippen LogP contribution is 2.15. The van der Waals surface area contributed by atoms with Crippen LogP contribution in [0.15, 0.2) is 60.7 Å². The van der Waals surface area contributed by atoms with E-state index in [0.717, 1.165) is 5.56 Å². The Labute approximate surface area is 141 Å². The van der Waals surface area contributed by atoms with Gasteiger partial charge in [0.1, 0.15) is 6.54 Å². The molecule has 0 aliphatic carbocycles. The zero-order chi connectivity index (χ0) is 17.2. The van der Waals surface area contributed by atoms with Crippen molar-refractivity contribution in [3.8, 4) is 0 Å². The van der Waals surface area contributed by atoms with Crippen LogP contribution >= 0.6 is 0 Å². The predicted octanol–water partition coefficient (Wildman–Crippen LogP) is 3.10. The van der Waals surface area contributed by atoms with Crippen molar-refractivity contribution in [3.05, 3.63) is 66.2 Å². The Bertz CT molecular complexity index is 643. The molecule has 0 saturated carbocycles. The summed E-state index contributed by atoms with van der Waals surface area (Å²) in [5.41, 5.74) is 1.68. The minimum Gasteiger partial charge on any atom is -0.480 e. The highest BCUT2D eigenvalue weighted by atomic mass is 16.5. The maximum Gasteiger partial charge on any atom is 0.323 e. The van der Waals surface area contributed by atoms with E-state index in [1.54, 1.807) is 24.3 Å². The molecule has 0 aliphatic heterocycles. The number of hydrogen-bond donors (Lipinski definition) is 1. The van der Waals surface area contributed by atoms with Gasteiger partial charge in [0.25, 0.3) is 0 Å². The second kappa shape index (κ2) is 9.47. The molecular formula is C19H21NO4. The number of amides is 1. The van der Waals surface area contributed by atoms with Crippen LogP contribution in [0, 0.1) is 0 Å². The largest absolute Gasteiger partial charge is 0.480 e. The molecular weight excluding hydrogens is 306 g/mol. The first-order valence-corrected chi connectivity index (χ1v) is 7.85. The molecule has 24 heavy (non-hydrogen) atoms. The highest BCUT2D eigenvalue weighted by molar-refractivity contribution is 5.97. The number of carboxylic acid groups (broad SMARTS) is 1. The molecule has 0 atom stereocenters. The molecule has 126 valence electrons. The van der Waals surface area contributed by atoms with E-state index < -0.39 is 5.97 Å². The average Bonchev–Trinajstić information content (AvgIpc) is 2.60. The van der Waals surface area contributed by atoms with Crippen molar-refractivity contribution in [2.75, 3.05) is 18.1 Å². The number of nitrogens with zero attached hydrogens (tertiary/aromatic N) is 1. The lowest BCUT2D eigenvalue weighted by Crippen LogP contribution is -2.35. The zero-order valence-electron chi connectivity index (χ0n) is 13.4. The maximum absolute atomic E-state index is 12.3. The standard InChI is InChI=1S/C19H21NO4/c21-18(12-7-13-24-15-16-8-3-1-4-9-16)20(14-19(22)23)17-10-5-2-6-11-17/h1-6,8-11H,7,12-15H2,(H,22,23). The lowest BCUT2D eigenvalue weighted by Gasteiger charge is -2.20. The fourth-order valence-electron chi connectivity index (χ4n) is 2.29. The van der Waals surface area contributed by atoms with E-state index in [9.17, 15) is 9.59 Å². The lowest BCUT2D eigenvalue weighted by molar-refractivity contribution is -0.136. The highest BCUT2D eigenvalue weighted by Gasteiger charge is 2.18. The number of anilines is 1. The van der Waals surface area contributed by atoms with E-state index in [1.807, 2.05) is 36.4 Å². The van der Waals surface area contributed by atoms with Crippen LogP contribution in [0.1, 0.15) is 18.4 Å². The average molecular weight is 327 g/mol. The normalized spacial score (nSPS) is 10.3. The summed E-state index contributed by atoms with van der Waals surface area (Å²) in [5.74, 6) is -1.25. The summed E-state index contributed by atoms with van der Waals surface area (Å²) >= 11 is 0. The number of ether oxygens (including phenoxy) is 1. The number of carbonyl (C=O) groups is 2. The van der Waals surface area contributed by atoms with E-state index in [1.165, 1.54) is 4.90 Å². The molecule has 0 saturated heterocycles. The van der Waals surface area contributed by atoms with Crippen LogP contribution in [-0.4, -0.2) is 30.1 Å². The fraction of sp³-hybridized carbons (Fsp3) is 0.263. The number of benzene rings is 2. The zero-order valence-corrected chi connectivity index (χ0v) is 13.4. The Morgan fingerprint density at radius 1 is 0.958 bits per heavy atom. The van der Waals surface area contributed by atoms with E-state index >= 15 is 0 Å². The SMILES string of the molecule is O=C(O)CN(C(=O)CCCOCc1ccccc1)c1ccccc1. The Balaban J connectivity index is 1.79. The first-order valence-electron chi connectivity index (χ1n) is 7.85. The van der Waals surface area contributed by atoms with Crippen LogP contribution < -0.4 is 4.90 Å². The number of carbonyl (C=O) groups excluding carboxylic acids is 1. The summed E-state index contributed by atoms with van der Waals surface area (Å²) in [4.78, 5) is 24.6. The number of rotatable bonds is 9. The summed E-state index contributed by atoms with van der Waals surface area (Å²) in [6, 6.07) is 18.6. The molecule has 0 bridgehead atoms. The van der Waals surface area contributed by atoms with Crippen LogP contribution in [0.4, 0.5) is 5.69 Å². The quantitative estimate of drug-likeness (QED) is 0.719. The van der Waals surface area contributed by atoms with E-state index in [2.05, 4.69) is 0 Å². The van der Waals surface area contributed by atoms with Gasteiger partial charge in [-0.15, -0.1) is 0 Å². The van der Waals surface area contributed by atoms with Gasteiger partial charge in [0.2, 0.25) is 5.91 Å². The summed E-state index contributed by atoms with van der Waals surface area (Å²) in [7, 11) is 0. The van der Waals surface area contributed by atoms with Crippen LogP contribution in [0.3, 0.4) is 0 Å². The van der Waals surface area contributed by atoms with Gasteiger partial charge < -0.3 is 14.7 Å². The third-order valence-corrected chi connectivity index (χ3v) is 3.45. The second-order valence-corrected chi connectivity index (χ2v) is 5.35. The molecule has 5 nitrogen and oxygen atoms in total. The summed E-state index contributed by atoms with van der Waals surface area (Å²) in [6.45, 7) is 0.622. The van der Waals surface area contributed by atoms with Gasteiger partial charge in [0.15, 0.2) is 0 Å². The van der Waals surface area contributed by atoms with Gasteiger partial charge >= 0.3 is 5.97 Å². The molecule has 0 radical (unpaired) electrons. The minimum atomic E-state index is -1.03. The molecule has 0 fully saturated rings. The van der Waals surface area contributed by atoms with Crippen molar-refractivity contribution in [3.63, 3.8) is 0 Å². The molecule has 0 spiro atoms. The van der Waals surface area contributed by atoms with Crippen LogP contribution in [-0.2, 0) is 20.9 Å². The Morgan fingerprint density at radius 2 is 1.58 bits per heavy atom. The van der Waals surface area contributed by atoms with Gasteiger partial charge in [0, 0.05) is 18.7 Å². The second-order valence-electron chi connectivity index (χ2n) is 5.35. The van der Waals surface area contributed by atoms with Gasteiger partial charge in [-0.1, -0.05) is 48.5 Å². The molecule has 0 aromatic heterocycles. The van der Waals surface area contributed by atoms with E-state index in [-0.39, 0.29) is 18.9 Å². The van der Waals surface area contributed by atoms with Gasteiger partial charge in [0.05, 0.1) is 6.61 Å². The van der Waals surface area contributed by atoms with Gasteiger partial charge in [-0.25, -0.2) is 0 Å². The van der Waals surface area contributed by atoms with Gasteiger partial charge in [-0.3, -0.25) is 9.59 Å². The van der Waals surface area contributed by atoms with Crippen molar-refractivity contribution in [2.45, 2.75) is 19.4 Å². The molecule has 0 unspecified atom stereocenters. The number of aliphatic carboxylic acids is 1. The van der Waals surface area contributed by atoms with Crippen molar-refractivity contribution < 1.29 is 19.4 Å². The Morgan fingerprint density at radius 3 is 2.21 bits per heavy atom. The van der Waals surface area contributed by atoms with E-state index in [0.29, 0.717) is 25.3 Å². The molecule has 0 heterocycles. The molecule has 2 rings (SSSR count). The van der Waals surface area contributed by atoms with E-state index in [4.69, 9.17) is 9.84 Å². The van der Waals surface area contributed by atoms with Crippen molar-refractivity contribution in [2.24, 2.45) is 0 Å². The van der Waals surface area contributed by atoms with Crippen LogP contribution in [0.5, 0.6) is 0 Å². The summed E-state index contributed by atoms with van der Waals surface area (Å²) in [6.07, 6.45) is 0.797. The molecule has 0 aliphatic rings. The topological polar surface area (TPSA) is 66.8 Å². The van der Waals surface area contributed by atoms with Gasteiger partial charge in [-0.2, -0.15) is 0 Å². The van der Waals surface area contributed by atoms with Crippen LogP contribution in [0.25, 0.3) is 0 Å². The number of para-hydroxylation sites is 1. The number of hydrogen-bond acceptors (Lipinski definition) is 3. The molecule has 2 aromatic carbocycles. The smallest absolute Gasteiger partial charge is 0.323 e. The molecule has 2 aromatic rings. The number of carboxylic acids is 1. The van der Waals surface area contributed by atoms with Crippen LogP contribution in [0.2, 0.25) is 0 Å². The lowest BCUT2D eigenvalue weighted by atomic mass is 10.2. The molecule has 1 N–H and O–H groups in total. The minimum absolute atomic E-state index is 0.216. The first-order chi connectivity index (χ1) is 11.7. The van der Waals surface area contributed by atoms with Crippen molar-refractivity contribution in [1.29, 1.82) is 0 Å². The van der Waals surface area contributed by atoms with Gasteiger partial charge in [-0.05, 0) is 24.1 Å². The van der Waals surface area contributed by atoms with Crippen molar-refractivity contribution >= 4 is 17.6 Å². The summed E-state index contributed by atoms with van der Waals surface area (Å²) in [5, 5.41) is 9.01. The molecule has 5 heteroatoms. The summed E-state index contributed by atoms with van der Waals surface area (Å²) < 4.78 is 5.55. The third kappa shape index (κ3) is 5.85. The van der Waals surface area contributed by atoms with Crippen molar-refractivity contribution in [1.82, 2.24) is 0 Å². The first kappa shape index (κ1) is 17.7.